The molecule has 12 heteroatoms. The van der Waals surface area contributed by atoms with E-state index in [1.54, 1.807) is 12.1 Å². The van der Waals surface area contributed by atoms with Crippen molar-refractivity contribution in [3.63, 3.8) is 0 Å². The van der Waals surface area contributed by atoms with Gasteiger partial charge in [-0.15, -0.1) is 11.3 Å². The van der Waals surface area contributed by atoms with Gasteiger partial charge < -0.3 is 19.6 Å². The molecule has 2 aromatic heterocycles. The molecule has 0 aliphatic heterocycles. The molecule has 0 amide bonds. The molecule has 0 unspecified atom stereocenters. The zero-order chi connectivity index (χ0) is 25.2. The lowest BCUT2D eigenvalue weighted by atomic mass is 10.1. The minimum absolute atomic E-state index is 0.0529. The first-order chi connectivity index (χ1) is 16.5. The van der Waals surface area contributed by atoms with E-state index in [-0.39, 0.29) is 11.4 Å². The molecule has 0 aliphatic carbocycles. The average Bonchev–Trinajstić information content (AvgIpc) is 3.47. The third-order valence-corrected chi connectivity index (χ3v) is 5.50. The number of aromatic amines is 1. The van der Waals surface area contributed by atoms with Gasteiger partial charge >= 0.3 is 12.4 Å². The molecule has 0 saturated heterocycles. The van der Waals surface area contributed by atoms with Gasteiger partial charge in [0.1, 0.15) is 5.82 Å². The number of aromatic nitrogens is 2. The first kappa shape index (κ1) is 24.5. The highest BCUT2D eigenvalue weighted by Crippen LogP contribution is 2.43. The largest absolute Gasteiger partial charge is 0.502 e. The number of hydrogen-bond acceptors (Lipinski definition) is 5. The number of ether oxygens (including phenoxy) is 2. The van der Waals surface area contributed by atoms with Gasteiger partial charge in [0.2, 0.25) is 5.75 Å². The summed E-state index contributed by atoms with van der Waals surface area (Å²) in [5.74, 6) is -2.27. The Morgan fingerprint density at radius 3 is 1.94 bits per heavy atom. The summed E-state index contributed by atoms with van der Waals surface area (Å²) in [4.78, 5) is 8.44. The Morgan fingerprint density at radius 1 is 0.829 bits per heavy atom. The van der Waals surface area contributed by atoms with Gasteiger partial charge in [0.15, 0.2) is 24.7 Å². The number of imidazole rings is 1. The van der Waals surface area contributed by atoms with Crippen molar-refractivity contribution in [1.82, 2.24) is 9.97 Å². The monoisotopic (exact) mass is 514 g/mol. The van der Waals surface area contributed by atoms with Gasteiger partial charge in [-0.25, -0.2) is 4.98 Å². The smallest absolute Gasteiger partial charge is 0.422 e. The lowest BCUT2D eigenvalue weighted by Crippen LogP contribution is -2.20. The van der Waals surface area contributed by atoms with E-state index >= 15 is 0 Å². The number of alkyl halides is 6. The summed E-state index contributed by atoms with van der Waals surface area (Å²) in [6.45, 7) is -3.53. The van der Waals surface area contributed by atoms with E-state index < -0.39 is 42.8 Å². The molecule has 4 rings (SSSR count). The highest BCUT2D eigenvalue weighted by molar-refractivity contribution is 7.13. The molecule has 2 N–H and O–H groups in total. The predicted octanol–water partition coefficient (Wildman–Crippen LogP) is 7.06. The van der Waals surface area contributed by atoms with Crippen molar-refractivity contribution in [2.75, 3.05) is 13.2 Å². The van der Waals surface area contributed by atoms with E-state index in [0.29, 0.717) is 11.4 Å². The van der Waals surface area contributed by atoms with Gasteiger partial charge in [-0.2, -0.15) is 26.3 Å². The van der Waals surface area contributed by atoms with Crippen molar-refractivity contribution in [1.29, 1.82) is 0 Å². The number of rotatable bonds is 7. The number of thiophene rings is 1. The van der Waals surface area contributed by atoms with Gasteiger partial charge in [0.05, 0.1) is 16.3 Å². The molecule has 0 radical (unpaired) electrons. The maximum Gasteiger partial charge on any atom is 0.422 e. The lowest BCUT2D eigenvalue weighted by Gasteiger charge is -2.16. The SMILES string of the molecule is Oc1c(OCC(F)(F)F)cc(-c2nc(-c3ccccc3)c(-c3cccs3)[nH]2)cc1OCC(F)(F)F. The summed E-state index contributed by atoms with van der Waals surface area (Å²) in [6, 6.07) is 14.8. The maximum atomic E-state index is 12.7. The number of phenols is 1. The van der Waals surface area contributed by atoms with Gasteiger partial charge in [0, 0.05) is 11.1 Å². The molecule has 2 aromatic carbocycles. The number of nitrogens with zero attached hydrogens (tertiary/aromatic N) is 1. The molecule has 0 atom stereocenters. The number of phenolic OH excluding ortho intramolecular Hbond substituents is 1. The van der Waals surface area contributed by atoms with Crippen LogP contribution in [0.3, 0.4) is 0 Å². The Bertz CT molecular complexity index is 1250. The third-order valence-electron chi connectivity index (χ3n) is 4.61. The highest BCUT2D eigenvalue weighted by Gasteiger charge is 2.31. The van der Waals surface area contributed by atoms with Crippen LogP contribution in [0, 0.1) is 0 Å². The van der Waals surface area contributed by atoms with Crippen LogP contribution >= 0.6 is 11.3 Å². The van der Waals surface area contributed by atoms with Gasteiger partial charge in [-0.1, -0.05) is 36.4 Å². The molecule has 0 aliphatic rings. The Labute approximate surface area is 198 Å². The molecule has 0 spiro atoms. The molecular formula is C23H16F6N2O3S. The van der Waals surface area contributed by atoms with Crippen LogP contribution in [-0.4, -0.2) is 40.6 Å². The maximum absolute atomic E-state index is 12.7. The van der Waals surface area contributed by atoms with E-state index in [1.807, 2.05) is 35.7 Å². The van der Waals surface area contributed by atoms with Gasteiger partial charge in [-0.3, -0.25) is 0 Å². The van der Waals surface area contributed by atoms with E-state index in [4.69, 9.17) is 0 Å². The average molecular weight is 514 g/mol. The van der Waals surface area contributed by atoms with Crippen LogP contribution in [0.1, 0.15) is 0 Å². The van der Waals surface area contributed by atoms with Crippen molar-refractivity contribution in [2.24, 2.45) is 0 Å². The van der Waals surface area contributed by atoms with E-state index in [0.717, 1.165) is 22.6 Å². The van der Waals surface area contributed by atoms with Crippen molar-refractivity contribution in [3.8, 4) is 50.5 Å². The Hall–Kier alpha value is -3.67. The lowest BCUT2D eigenvalue weighted by molar-refractivity contribution is -0.154. The fourth-order valence-corrected chi connectivity index (χ4v) is 3.90. The summed E-state index contributed by atoms with van der Waals surface area (Å²) in [7, 11) is 0. The van der Waals surface area contributed by atoms with Crippen molar-refractivity contribution in [3.05, 3.63) is 60.0 Å². The fraction of sp³-hybridized carbons (Fsp3) is 0.174. The normalized spacial score (nSPS) is 12.1. The summed E-state index contributed by atoms with van der Waals surface area (Å²) < 4.78 is 85.5. The second-order valence-corrected chi connectivity index (χ2v) is 8.23. The summed E-state index contributed by atoms with van der Waals surface area (Å²) in [6.07, 6.45) is -9.49. The summed E-state index contributed by atoms with van der Waals surface area (Å²) >= 11 is 1.41. The van der Waals surface area contributed by atoms with Crippen molar-refractivity contribution in [2.45, 2.75) is 12.4 Å². The number of nitrogens with one attached hydrogen (secondary N) is 1. The Kier molecular flexibility index (Phi) is 6.66. The second kappa shape index (κ2) is 9.53. The van der Waals surface area contributed by atoms with E-state index in [9.17, 15) is 31.4 Å². The van der Waals surface area contributed by atoms with Crippen molar-refractivity contribution < 1.29 is 40.9 Å². The summed E-state index contributed by atoms with van der Waals surface area (Å²) in [5.41, 5.74) is 1.91. The zero-order valence-electron chi connectivity index (χ0n) is 17.6. The van der Waals surface area contributed by atoms with Crippen LogP contribution in [0.5, 0.6) is 17.2 Å². The van der Waals surface area contributed by atoms with Crippen LogP contribution in [0.4, 0.5) is 26.3 Å². The van der Waals surface area contributed by atoms with Crippen LogP contribution in [0.15, 0.2) is 60.0 Å². The quantitative estimate of drug-likeness (QED) is 0.259. The van der Waals surface area contributed by atoms with Crippen LogP contribution < -0.4 is 9.47 Å². The topological polar surface area (TPSA) is 67.4 Å². The Balaban J connectivity index is 1.82. The molecule has 0 bridgehead atoms. The number of benzene rings is 2. The molecule has 0 fully saturated rings. The fourth-order valence-electron chi connectivity index (χ4n) is 3.17. The minimum atomic E-state index is -4.74. The van der Waals surface area contributed by atoms with Gasteiger partial charge in [0.25, 0.3) is 0 Å². The molecule has 2 heterocycles. The number of halogens is 6. The van der Waals surface area contributed by atoms with Gasteiger partial charge in [-0.05, 0) is 23.6 Å². The molecule has 184 valence electrons. The molecule has 4 aromatic rings. The van der Waals surface area contributed by atoms with Crippen LogP contribution in [0.25, 0.3) is 33.2 Å². The van der Waals surface area contributed by atoms with Crippen LogP contribution in [-0.2, 0) is 0 Å². The number of H-pyrrole nitrogens is 1. The molecule has 5 nitrogen and oxygen atoms in total. The summed E-state index contributed by atoms with van der Waals surface area (Å²) in [5, 5.41) is 12.1. The van der Waals surface area contributed by atoms with E-state index in [1.165, 1.54) is 11.3 Å². The third kappa shape index (κ3) is 6.07. The standard InChI is InChI=1S/C23H16F6N2O3S/c24-22(25,26)11-33-15-9-14(10-16(20(15)32)34-12-23(27,28)29)21-30-18(13-5-2-1-3-6-13)19(31-21)17-7-4-8-35-17/h1-10,32H,11-12H2,(H,30,31). The van der Waals surface area contributed by atoms with E-state index in [2.05, 4.69) is 19.4 Å². The number of hydrogen-bond donors (Lipinski definition) is 2. The minimum Gasteiger partial charge on any atom is -0.502 e. The number of aromatic hydroxyl groups is 1. The Morgan fingerprint density at radius 2 is 1.43 bits per heavy atom. The molecule has 0 saturated carbocycles. The predicted molar refractivity (Wildman–Crippen MR) is 118 cm³/mol. The highest BCUT2D eigenvalue weighted by atomic mass is 32.1. The first-order valence-electron chi connectivity index (χ1n) is 9.96. The second-order valence-electron chi connectivity index (χ2n) is 7.28. The zero-order valence-corrected chi connectivity index (χ0v) is 18.4. The molecule has 35 heavy (non-hydrogen) atoms. The molecular weight excluding hydrogens is 498 g/mol. The van der Waals surface area contributed by atoms with Crippen molar-refractivity contribution >= 4 is 11.3 Å². The van der Waals surface area contributed by atoms with Crippen LogP contribution in [0.2, 0.25) is 0 Å². The first-order valence-corrected chi connectivity index (χ1v) is 10.8.